The average molecular weight is 411 g/mol. The zero-order valence-corrected chi connectivity index (χ0v) is 16.8. The molecule has 6 nitrogen and oxygen atoms in total. The van der Waals surface area contributed by atoms with E-state index in [9.17, 15) is 14.0 Å². The first-order valence-corrected chi connectivity index (χ1v) is 10.3. The zero-order chi connectivity index (χ0) is 20.9. The molecule has 2 aromatic carbocycles. The molecule has 0 radical (unpaired) electrons. The van der Waals surface area contributed by atoms with Crippen molar-refractivity contribution in [2.75, 3.05) is 37.6 Å². The van der Waals surface area contributed by atoms with Gasteiger partial charge < -0.3 is 19.9 Å². The fraction of sp³-hybridized carbons (Fsp3) is 0.391. The third-order valence-corrected chi connectivity index (χ3v) is 5.69. The van der Waals surface area contributed by atoms with Gasteiger partial charge in [0, 0.05) is 44.8 Å². The van der Waals surface area contributed by atoms with E-state index in [0.29, 0.717) is 19.6 Å². The number of carbonyl (C=O) groups excluding carboxylic acids is 2. The van der Waals surface area contributed by atoms with Gasteiger partial charge in [0.25, 0.3) is 0 Å². The number of nitrogens with one attached hydrogen (secondary N) is 1. The number of ether oxygens (including phenoxy) is 1. The molecule has 30 heavy (non-hydrogen) atoms. The van der Waals surface area contributed by atoms with Crippen molar-refractivity contribution in [3.05, 3.63) is 66.0 Å². The Morgan fingerprint density at radius 2 is 1.73 bits per heavy atom. The Bertz CT molecular complexity index is 867. The smallest absolute Gasteiger partial charge is 0.240 e. The van der Waals surface area contributed by atoms with E-state index in [1.807, 2.05) is 23.1 Å². The molecule has 1 amide bonds. The van der Waals surface area contributed by atoms with E-state index in [1.165, 1.54) is 12.1 Å². The molecule has 0 aromatic heterocycles. The number of hydrogen-bond donors (Lipinski definition) is 1. The molecule has 2 unspecified atom stereocenters. The molecule has 2 aliphatic heterocycles. The van der Waals surface area contributed by atoms with Crippen LogP contribution in [-0.4, -0.2) is 61.5 Å². The molecule has 7 heteroatoms. The molecule has 0 spiro atoms. The lowest BCUT2D eigenvalue weighted by atomic mass is 9.99. The van der Waals surface area contributed by atoms with E-state index < -0.39 is 12.1 Å². The highest BCUT2D eigenvalue weighted by molar-refractivity contribution is 5.92. The molecule has 0 aliphatic carbocycles. The first-order valence-electron chi connectivity index (χ1n) is 10.3. The van der Waals surface area contributed by atoms with Crippen LogP contribution in [-0.2, 0) is 20.9 Å². The summed E-state index contributed by atoms with van der Waals surface area (Å²) in [5, 5.41) is 3.17. The van der Waals surface area contributed by atoms with Crippen molar-refractivity contribution in [1.82, 2.24) is 10.2 Å². The molecule has 0 saturated carbocycles. The fourth-order valence-electron chi connectivity index (χ4n) is 3.92. The topological polar surface area (TPSA) is 61.9 Å². The van der Waals surface area contributed by atoms with Crippen molar-refractivity contribution >= 4 is 17.4 Å². The predicted octanol–water partition coefficient (Wildman–Crippen LogP) is 1.99. The van der Waals surface area contributed by atoms with Crippen LogP contribution in [0.5, 0.6) is 0 Å². The number of benzene rings is 2. The van der Waals surface area contributed by atoms with Crippen molar-refractivity contribution in [3.8, 4) is 0 Å². The SMILES string of the molecule is O=C1CC(C(=O)N2CCN(c3ccccc3)CC2)NCC1OCc1ccc(F)cc1. The second-order valence-electron chi connectivity index (χ2n) is 7.71. The number of carbonyl (C=O) groups is 2. The van der Waals surface area contributed by atoms with Crippen molar-refractivity contribution in [2.45, 2.75) is 25.2 Å². The van der Waals surface area contributed by atoms with Gasteiger partial charge in [-0.2, -0.15) is 0 Å². The number of para-hydroxylation sites is 1. The lowest BCUT2D eigenvalue weighted by Gasteiger charge is -2.38. The minimum Gasteiger partial charge on any atom is -0.368 e. The van der Waals surface area contributed by atoms with Crippen LogP contribution in [0.2, 0.25) is 0 Å². The van der Waals surface area contributed by atoms with Gasteiger partial charge >= 0.3 is 0 Å². The Balaban J connectivity index is 1.24. The second-order valence-corrected chi connectivity index (χ2v) is 7.71. The van der Waals surface area contributed by atoms with Gasteiger partial charge in [-0.05, 0) is 29.8 Å². The number of nitrogens with zero attached hydrogens (tertiary/aromatic N) is 2. The molecule has 0 bridgehead atoms. The summed E-state index contributed by atoms with van der Waals surface area (Å²) in [5.41, 5.74) is 1.97. The molecule has 1 N–H and O–H groups in total. The van der Waals surface area contributed by atoms with Gasteiger partial charge in [-0.3, -0.25) is 9.59 Å². The number of anilines is 1. The van der Waals surface area contributed by atoms with Crippen LogP contribution in [0.3, 0.4) is 0 Å². The molecular formula is C23H26FN3O3. The standard InChI is InChI=1S/C23H26FN3O3/c24-18-8-6-17(7-9-18)16-30-22-15-25-20(14-21(22)28)23(29)27-12-10-26(11-13-27)19-4-2-1-3-5-19/h1-9,20,22,25H,10-16H2. The number of Topliss-reactive ketones (excluding diaryl/α,β-unsaturated/α-hetero) is 1. The minimum atomic E-state index is -0.589. The Morgan fingerprint density at radius 3 is 2.40 bits per heavy atom. The summed E-state index contributed by atoms with van der Waals surface area (Å²) in [5.74, 6) is -0.398. The Labute approximate surface area is 175 Å². The van der Waals surface area contributed by atoms with E-state index in [4.69, 9.17) is 4.74 Å². The summed E-state index contributed by atoms with van der Waals surface area (Å²) in [6.07, 6.45) is -0.458. The zero-order valence-electron chi connectivity index (χ0n) is 16.8. The quantitative estimate of drug-likeness (QED) is 0.816. The number of halogens is 1. The number of piperazine rings is 1. The Hall–Kier alpha value is -2.77. The van der Waals surface area contributed by atoms with E-state index in [0.717, 1.165) is 24.3 Å². The van der Waals surface area contributed by atoms with Crippen LogP contribution >= 0.6 is 0 Å². The second kappa shape index (κ2) is 9.36. The largest absolute Gasteiger partial charge is 0.368 e. The van der Waals surface area contributed by atoms with Gasteiger partial charge in [-0.1, -0.05) is 30.3 Å². The van der Waals surface area contributed by atoms with Gasteiger partial charge in [-0.25, -0.2) is 4.39 Å². The molecule has 2 aromatic rings. The van der Waals surface area contributed by atoms with Crippen molar-refractivity contribution < 1.29 is 18.7 Å². The molecule has 2 atom stereocenters. The maximum absolute atomic E-state index is 13.0. The highest BCUT2D eigenvalue weighted by Gasteiger charge is 2.35. The molecule has 2 saturated heterocycles. The highest BCUT2D eigenvalue weighted by Crippen LogP contribution is 2.18. The van der Waals surface area contributed by atoms with Crippen molar-refractivity contribution in [3.63, 3.8) is 0 Å². The molecule has 4 rings (SSSR count). The van der Waals surface area contributed by atoms with Crippen LogP contribution in [0, 0.1) is 5.82 Å². The lowest BCUT2D eigenvalue weighted by Crippen LogP contribution is -2.58. The summed E-state index contributed by atoms with van der Waals surface area (Å²) in [7, 11) is 0. The number of amides is 1. The lowest BCUT2D eigenvalue weighted by molar-refractivity contribution is -0.142. The van der Waals surface area contributed by atoms with Crippen LogP contribution in [0.4, 0.5) is 10.1 Å². The number of hydrogen-bond acceptors (Lipinski definition) is 5. The molecule has 2 heterocycles. The molecule has 158 valence electrons. The summed E-state index contributed by atoms with van der Waals surface area (Å²) in [4.78, 5) is 29.5. The monoisotopic (exact) mass is 411 g/mol. The summed E-state index contributed by atoms with van der Waals surface area (Å²) in [6, 6.07) is 15.7. The highest BCUT2D eigenvalue weighted by atomic mass is 19.1. The number of ketones is 1. The average Bonchev–Trinajstić information content (AvgIpc) is 2.79. The van der Waals surface area contributed by atoms with Crippen LogP contribution in [0.1, 0.15) is 12.0 Å². The van der Waals surface area contributed by atoms with Crippen LogP contribution in [0.25, 0.3) is 0 Å². The minimum absolute atomic E-state index is 0.0203. The molecule has 2 aliphatic rings. The first kappa shape index (κ1) is 20.5. The van der Waals surface area contributed by atoms with Gasteiger partial charge in [0.15, 0.2) is 5.78 Å². The maximum Gasteiger partial charge on any atom is 0.240 e. The van der Waals surface area contributed by atoms with Gasteiger partial charge in [0.05, 0.1) is 12.6 Å². The van der Waals surface area contributed by atoms with E-state index >= 15 is 0 Å². The van der Waals surface area contributed by atoms with Gasteiger partial charge in [0.1, 0.15) is 11.9 Å². The van der Waals surface area contributed by atoms with Gasteiger partial charge in [0.2, 0.25) is 5.91 Å². The van der Waals surface area contributed by atoms with Crippen LogP contribution < -0.4 is 10.2 Å². The van der Waals surface area contributed by atoms with Crippen LogP contribution in [0.15, 0.2) is 54.6 Å². The van der Waals surface area contributed by atoms with E-state index in [-0.39, 0.29) is 30.5 Å². The summed E-state index contributed by atoms with van der Waals surface area (Å²) < 4.78 is 18.7. The number of piperidine rings is 1. The first-order chi connectivity index (χ1) is 14.6. The van der Waals surface area contributed by atoms with Crippen molar-refractivity contribution in [1.29, 1.82) is 0 Å². The summed E-state index contributed by atoms with van der Waals surface area (Å²) in [6.45, 7) is 3.38. The maximum atomic E-state index is 13.0. The van der Waals surface area contributed by atoms with Gasteiger partial charge in [-0.15, -0.1) is 0 Å². The Morgan fingerprint density at radius 1 is 1.03 bits per heavy atom. The fourth-order valence-corrected chi connectivity index (χ4v) is 3.92. The van der Waals surface area contributed by atoms with E-state index in [1.54, 1.807) is 12.1 Å². The molecular weight excluding hydrogens is 385 g/mol. The third-order valence-electron chi connectivity index (χ3n) is 5.69. The summed E-state index contributed by atoms with van der Waals surface area (Å²) >= 11 is 0. The Kier molecular flexibility index (Phi) is 6.40. The predicted molar refractivity (Wildman–Crippen MR) is 112 cm³/mol. The van der Waals surface area contributed by atoms with Crippen molar-refractivity contribution in [2.24, 2.45) is 0 Å². The van der Waals surface area contributed by atoms with E-state index in [2.05, 4.69) is 22.3 Å². The normalized spacial score (nSPS) is 22.2. The number of rotatable bonds is 5. The molecule has 2 fully saturated rings. The third kappa shape index (κ3) is 4.86.